The second-order valence-electron chi connectivity index (χ2n) is 8.88. The second-order valence-corrected chi connectivity index (χ2v) is 9.32. The predicted octanol–water partition coefficient (Wildman–Crippen LogP) is 5.41. The van der Waals surface area contributed by atoms with Gasteiger partial charge in [-0.1, -0.05) is 48.0 Å². The van der Waals surface area contributed by atoms with E-state index in [1.807, 2.05) is 42.5 Å². The first-order valence-corrected chi connectivity index (χ1v) is 12.1. The van der Waals surface area contributed by atoms with Crippen LogP contribution < -0.4 is 4.73 Å². The van der Waals surface area contributed by atoms with Crippen molar-refractivity contribution in [2.24, 2.45) is 4.99 Å². The first kappa shape index (κ1) is 23.0. The Morgan fingerprint density at radius 2 is 1.89 bits per heavy atom. The quantitative estimate of drug-likeness (QED) is 0.226. The van der Waals surface area contributed by atoms with Gasteiger partial charge in [0.15, 0.2) is 6.20 Å². The molecule has 0 spiro atoms. The minimum absolute atomic E-state index is 0.289. The fourth-order valence-electron chi connectivity index (χ4n) is 4.76. The monoisotopic (exact) mass is 510 g/mol. The standard InChI is InChI=1S/C28H20ClFN6O/c29-21-8-11-27(35-17-31-33-34-35)23(14-21)20-7-10-28(36(37)16-20)24(12-18-4-2-1-3-5-18)26-13-19-6-9-22(30)15-25(19)32-26/h1-11,14-17,24H,12-13H2. The number of aromatic nitrogens is 5. The van der Waals surface area contributed by atoms with Gasteiger partial charge in [-0.05, 0) is 64.4 Å². The van der Waals surface area contributed by atoms with Crippen molar-refractivity contribution in [2.45, 2.75) is 18.8 Å². The normalized spacial score (nSPS) is 13.3. The maximum atomic E-state index is 13.8. The van der Waals surface area contributed by atoms with Gasteiger partial charge in [0.05, 0.1) is 17.3 Å². The van der Waals surface area contributed by atoms with Crippen molar-refractivity contribution in [3.63, 3.8) is 0 Å². The van der Waals surface area contributed by atoms with Crippen LogP contribution in [0.3, 0.4) is 0 Å². The Labute approximate surface area is 217 Å². The number of tetrazole rings is 1. The highest BCUT2D eigenvalue weighted by molar-refractivity contribution is 6.31. The van der Waals surface area contributed by atoms with Crippen molar-refractivity contribution in [2.75, 3.05) is 0 Å². The third-order valence-corrected chi connectivity index (χ3v) is 6.77. The molecule has 0 bridgehead atoms. The van der Waals surface area contributed by atoms with Crippen LogP contribution in [0.1, 0.15) is 22.7 Å². The molecule has 5 aromatic rings. The Hall–Kier alpha value is -4.43. The molecule has 3 aromatic carbocycles. The van der Waals surface area contributed by atoms with Crippen LogP contribution >= 0.6 is 11.6 Å². The molecule has 0 N–H and O–H groups in total. The maximum Gasteiger partial charge on any atom is 0.201 e. The smallest absolute Gasteiger partial charge is 0.201 e. The van der Waals surface area contributed by atoms with Gasteiger partial charge in [0.2, 0.25) is 5.69 Å². The summed E-state index contributed by atoms with van der Waals surface area (Å²) in [5.41, 5.74) is 6.13. The van der Waals surface area contributed by atoms with Crippen LogP contribution in [0.15, 0.2) is 96.4 Å². The maximum absolute atomic E-state index is 13.8. The number of halogens is 2. The summed E-state index contributed by atoms with van der Waals surface area (Å²) in [6.45, 7) is 0. The second kappa shape index (κ2) is 9.55. The van der Waals surface area contributed by atoms with Crippen molar-refractivity contribution in [3.05, 3.63) is 124 Å². The highest BCUT2D eigenvalue weighted by Crippen LogP contribution is 2.35. The topological polar surface area (TPSA) is 82.9 Å². The van der Waals surface area contributed by atoms with Crippen molar-refractivity contribution in [1.29, 1.82) is 0 Å². The van der Waals surface area contributed by atoms with Crippen molar-refractivity contribution in [3.8, 4) is 16.8 Å². The molecule has 0 amide bonds. The zero-order valence-corrected chi connectivity index (χ0v) is 20.3. The van der Waals surface area contributed by atoms with Gasteiger partial charge < -0.3 is 5.21 Å². The summed E-state index contributed by atoms with van der Waals surface area (Å²) in [7, 11) is 0. The fraction of sp³-hybridized carbons (Fsp3) is 0.107. The average molecular weight is 511 g/mol. The van der Waals surface area contributed by atoms with Crippen molar-refractivity contribution in [1.82, 2.24) is 20.2 Å². The van der Waals surface area contributed by atoms with E-state index < -0.39 is 0 Å². The lowest BCUT2D eigenvalue weighted by atomic mass is 9.88. The van der Waals surface area contributed by atoms with Crippen molar-refractivity contribution >= 4 is 23.0 Å². The minimum atomic E-state index is -0.327. The molecule has 1 unspecified atom stereocenters. The molecular weight excluding hydrogens is 491 g/mol. The Bertz CT molecular complexity index is 1620. The number of hydrogen-bond donors (Lipinski definition) is 0. The van der Waals surface area contributed by atoms with Gasteiger partial charge >= 0.3 is 0 Å². The first-order valence-electron chi connectivity index (χ1n) is 11.7. The van der Waals surface area contributed by atoms with Gasteiger partial charge in [-0.3, -0.25) is 4.99 Å². The Morgan fingerprint density at radius 1 is 1.03 bits per heavy atom. The predicted molar refractivity (Wildman–Crippen MR) is 139 cm³/mol. The van der Waals surface area contributed by atoms with Gasteiger partial charge in [0.25, 0.3) is 0 Å². The van der Waals surface area contributed by atoms with Crippen LogP contribution in [0.5, 0.6) is 0 Å². The summed E-state index contributed by atoms with van der Waals surface area (Å²) in [4.78, 5) is 4.75. The number of pyridine rings is 1. The molecule has 1 aliphatic rings. The summed E-state index contributed by atoms with van der Waals surface area (Å²) < 4.78 is 16.3. The first-order chi connectivity index (χ1) is 18.0. The summed E-state index contributed by atoms with van der Waals surface area (Å²) >= 11 is 6.29. The van der Waals surface area contributed by atoms with Crippen LogP contribution in [-0.2, 0) is 12.8 Å². The van der Waals surface area contributed by atoms with E-state index in [-0.39, 0.29) is 11.7 Å². The largest absolute Gasteiger partial charge is 0.618 e. The summed E-state index contributed by atoms with van der Waals surface area (Å²) in [6, 6.07) is 23.7. The number of benzene rings is 3. The van der Waals surface area contributed by atoms with Crippen LogP contribution in [0, 0.1) is 11.0 Å². The van der Waals surface area contributed by atoms with Gasteiger partial charge in [-0.25, -0.2) is 4.39 Å². The molecule has 9 heteroatoms. The van der Waals surface area contributed by atoms with E-state index in [9.17, 15) is 9.60 Å². The molecule has 0 fully saturated rings. The number of nitrogens with zero attached hydrogens (tertiary/aromatic N) is 6. The highest BCUT2D eigenvalue weighted by atomic mass is 35.5. The van der Waals surface area contributed by atoms with E-state index in [0.717, 1.165) is 27.1 Å². The third-order valence-electron chi connectivity index (χ3n) is 6.53. The van der Waals surface area contributed by atoms with Gasteiger partial charge in [0, 0.05) is 34.3 Å². The van der Waals surface area contributed by atoms with E-state index in [4.69, 9.17) is 16.6 Å². The average Bonchev–Trinajstić information content (AvgIpc) is 3.58. The lowest BCUT2D eigenvalue weighted by Gasteiger charge is -2.18. The van der Waals surface area contributed by atoms with E-state index in [1.165, 1.54) is 29.3 Å². The van der Waals surface area contributed by atoms with E-state index in [1.54, 1.807) is 24.3 Å². The van der Waals surface area contributed by atoms with Crippen LogP contribution in [0.25, 0.3) is 16.8 Å². The molecule has 182 valence electrons. The molecule has 6 rings (SSSR count). The Morgan fingerprint density at radius 3 is 2.68 bits per heavy atom. The van der Waals surface area contributed by atoms with Crippen LogP contribution in [-0.4, -0.2) is 25.9 Å². The van der Waals surface area contributed by atoms with Crippen LogP contribution in [0.2, 0.25) is 5.02 Å². The molecular formula is C28H20ClFN6O. The summed E-state index contributed by atoms with van der Waals surface area (Å²) in [6.07, 6.45) is 4.17. The molecule has 37 heavy (non-hydrogen) atoms. The van der Waals surface area contributed by atoms with Crippen LogP contribution in [0.4, 0.5) is 10.1 Å². The van der Waals surface area contributed by atoms with Gasteiger partial charge in [0.1, 0.15) is 12.1 Å². The zero-order chi connectivity index (χ0) is 25.4. The van der Waals surface area contributed by atoms with Gasteiger partial charge in [-0.2, -0.15) is 9.41 Å². The van der Waals surface area contributed by atoms with Gasteiger partial charge in [-0.15, -0.1) is 5.10 Å². The SMILES string of the molecule is [O-][n+]1cc(-c2cc(Cl)ccc2-n2cnnn2)ccc1C(Cc1ccccc1)C1=Nc2cc(F)ccc2C1. The Kier molecular flexibility index (Phi) is 5.94. The lowest BCUT2D eigenvalue weighted by molar-refractivity contribution is -0.614. The molecule has 1 atom stereocenters. The molecule has 3 heterocycles. The van der Waals surface area contributed by atoms with E-state index >= 15 is 0 Å². The fourth-order valence-corrected chi connectivity index (χ4v) is 4.93. The molecule has 7 nitrogen and oxygen atoms in total. The van der Waals surface area contributed by atoms with E-state index in [0.29, 0.717) is 40.5 Å². The molecule has 0 aliphatic carbocycles. The van der Waals surface area contributed by atoms with E-state index in [2.05, 4.69) is 15.5 Å². The summed E-state index contributed by atoms with van der Waals surface area (Å²) in [5, 5.41) is 25.5. The summed E-state index contributed by atoms with van der Waals surface area (Å²) in [5.74, 6) is -0.616. The highest BCUT2D eigenvalue weighted by Gasteiger charge is 2.30. The number of aliphatic imine (C=N–C) groups is 1. The molecule has 0 radical (unpaired) electrons. The molecule has 0 saturated carbocycles. The number of fused-ring (bicyclic) bond motifs is 1. The minimum Gasteiger partial charge on any atom is -0.618 e. The van der Waals surface area contributed by atoms with Crippen molar-refractivity contribution < 1.29 is 9.12 Å². The number of rotatable bonds is 6. The molecule has 1 aliphatic heterocycles. The molecule has 0 saturated heterocycles. The lowest BCUT2D eigenvalue weighted by Crippen LogP contribution is -2.36. The zero-order valence-electron chi connectivity index (χ0n) is 19.5. The number of hydrogen-bond acceptors (Lipinski definition) is 5. The third kappa shape index (κ3) is 4.59. The molecule has 2 aromatic heterocycles. The Balaban J connectivity index is 1.42.